The summed E-state index contributed by atoms with van der Waals surface area (Å²) in [5.74, 6) is 1.17. The van der Waals surface area contributed by atoms with Crippen molar-refractivity contribution in [2.75, 3.05) is 5.75 Å². The number of carbonyl (C=O) groups is 1. The van der Waals surface area contributed by atoms with Crippen molar-refractivity contribution in [1.82, 2.24) is 15.3 Å². The Hall–Kier alpha value is -1.31. The molecule has 4 nitrogen and oxygen atoms in total. The van der Waals surface area contributed by atoms with Crippen molar-refractivity contribution in [3.63, 3.8) is 0 Å². The van der Waals surface area contributed by atoms with Crippen molar-refractivity contribution in [2.45, 2.75) is 50.0 Å². The molecule has 126 valence electrons. The minimum atomic E-state index is -4.51. The van der Waals surface area contributed by atoms with Gasteiger partial charge in [-0.1, -0.05) is 18.2 Å². The largest absolute Gasteiger partial charge is 0.433 e. The number of carbonyl (C=O) groups excluding carboxylic acids is 1. The predicted molar refractivity (Wildman–Crippen MR) is 79.9 cm³/mol. The van der Waals surface area contributed by atoms with Crippen LogP contribution in [0, 0.1) is 18.8 Å². The molecule has 1 N–H and O–H groups in total. The fourth-order valence-electron chi connectivity index (χ4n) is 3.55. The van der Waals surface area contributed by atoms with E-state index in [0.29, 0.717) is 5.92 Å². The van der Waals surface area contributed by atoms with Crippen LogP contribution < -0.4 is 5.32 Å². The van der Waals surface area contributed by atoms with E-state index in [2.05, 4.69) is 15.3 Å². The summed E-state index contributed by atoms with van der Waals surface area (Å²) in [6.07, 6.45) is 0.129. The van der Waals surface area contributed by atoms with Gasteiger partial charge in [-0.15, -0.1) is 0 Å². The van der Waals surface area contributed by atoms with Crippen LogP contribution in [0.3, 0.4) is 0 Å². The second kappa shape index (κ2) is 6.30. The highest BCUT2D eigenvalue weighted by atomic mass is 32.2. The first kappa shape index (κ1) is 16.5. The van der Waals surface area contributed by atoms with E-state index in [4.69, 9.17) is 0 Å². The molecule has 3 rings (SSSR count). The summed E-state index contributed by atoms with van der Waals surface area (Å²) in [5.41, 5.74) is -0.732. The minimum absolute atomic E-state index is 0.0135. The van der Waals surface area contributed by atoms with E-state index in [-0.39, 0.29) is 28.6 Å². The third-order valence-electron chi connectivity index (χ3n) is 4.54. The van der Waals surface area contributed by atoms with Gasteiger partial charge in [-0.25, -0.2) is 9.97 Å². The quantitative estimate of drug-likeness (QED) is 0.673. The molecule has 23 heavy (non-hydrogen) atoms. The maximum atomic E-state index is 12.7. The van der Waals surface area contributed by atoms with E-state index in [1.807, 2.05) is 0 Å². The van der Waals surface area contributed by atoms with Crippen LogP contribution in [0.15, 0.2) is 11.2 Å². The van der Waals surface area contributed by atoms with E-state index < -0.39 is 11.9 Å². The second-order valence-electron chi connectivity index (χ2n) is 6.31. The summed E-state index contributed by atoms with van der Waals surface area (Å²) >= 11 is 0.942. The zero-order chi connectivity index (χ0) is 16.6. The molecule has 0 saturated heterocycles. The number of nitrogens with one attached hydrogen (secondary N) is 1. The van der Waals surface area contributed by atoms with Crippen LogP contribution in [0.5, 0.6) is 0 Å². The van der Waals surface area contributed by atoms with Gasteiger partial charge in [0.05, 0.1) is 5.75 Å². The summed E-state index contributed by atoms with van der Waals surface area (Å²) in [7, 11) is 0. The van der Waals surface area contributed by atoms with Gasteiger partial charge in [0.25, 0.3) is 0 Å². The first-order valence-corrected chi connectivity index (χ1v) is 8.65. The molecule has 2 aliphatic rings. The molecule has 0 aliphatic heterocycles. The maximum absolute atomic E-state index is 12.7. The lowest BCUT2D eigenvalue weighted by atomic mass is 9.95. The summed E-state index contributed by atoms with van der Waals surface area (Å²) in [6.45, 7) is 1.48. The molecule has 8 heteroatoms. The Kier molecular flexibility index (Phi) is 4.53. The highest BCUT2D eigenvalue weighted by molar-refractivity contribution is 7.99. The number of nitrogens with zero attached hydrogens (tertiary/aromatic N) is 2. The van der Waals surface area contributed by atoms with Crippen LogP contribution in [0.25, 0.3) is 0 Å². The third kappa shape index (κ3) is 3.97. The van der Waals surface area contributed by atoms with E-state index >= 15 is 0 Å². The van der Waals surface area contributed by atoms with E-state index in [1.54, 1.807) is 0 Å². The molecule has 1 aromatic heterocycles. The first-order valence-electron chi connectivity index (χ1n) is 7.66. The van der Waals surface area contributed by atoms with Crippen molar-refractivity contribution in [2.24, 2.45) is 11.8 Å². The third-order valence-corrected chi connectivity index (χ3v) is 5.39. The number of hydrogen-bond acceptors (Lipinski definition) is 4. The van der Waals surface area contributed by atoms with Gasteiger partial charge in [0.1, 0.15) is 5.69 Å². The number of aryl methyl sites for hydroxylation is 1. The highest BCUT2D eigenvalue weighted by Crippen LogP contribution is 2.44. The van der Waals surface area contributed by atoms with Gasteiger partial charge in [-0.3, -0.25) is 4.79 Å². The van der Waals surface area contributed by atoms with Gasteiger partial charge >= 0.3 is 6.18 Å². The number of aromatic nitrogens is 2. The van der Waals surface area contributed by atoms with Gasteiger partial charge in [0.2, 0.25) is 5.91 Å². The van der Waals surface area contributed by atoms with E-state index in [1.165, 1.54) is 26.2 Å². The van der Waals surface area contributed by atoms with Gasteiger partial charge in [-0.2, -0.15) is 13.2 Å². The lowest BCUT2D eigenvalue weighted by Gasteiger charge is -2.22. The Balaban J connectivity index is 1.55. The van der Waals surface area contributed by atoms with Crippen molar-refractivity contribution in [3.05, 3.63) is 17.5 Å². The molecule has 2 fully saturated rings. The average molecular weight is 345 g/mol. The molecule has 1 aromatic rings. The Morgan fingerprint density at radius 3 is 2.74 bits per heavy atom. The molecular weight excluding hydrogens is 327 g/mol. The van der Waals surface area contributed by atoms with Gasteiger partial charge in [0, 0.05) is 11.7 Å². The number of thioether (sulfide) groups is 1. The molecule has 2 aliphatic carbocycles. The summed E-state index contributed by atoms with van der Waals surface area (Å²) in [4.78, 5) is 19.5. The lowest BCUT2D eigenvalue weighted by Crippen LogP contribution is -2.39. The van der Waals surface area contributed by atoms with Crippen molar-refractivity contribution in [1.29, 1.82) is 0 Å². The number of rotatable bonds is 4. The zero-order valence-corrected chi connectivity index (χ0v) is 13.5. The van der Waals surface area contributed by atoms with Gasteiger partial charge in [0.15, 0.2) is 5.16 Å². The summed E-state index contributed by atoms with van der Waals surface area (Å²) in [5, 5.41) is 2.99. The van der Waals surface area contributed by atoms with Crippen LogP contribution >= 0.6 is 11.8 Å². The Morgan fingerprint density at radius 1 is 1.35 bits per heavy atom. The molecule has 2 bridgehead atoms. The van der Waals surface area contributed by atoms with Gasteiger partial charge < -0.3 is 5.32 Å². The number of alkyl halides is 3. The number of amides is 1. The van der Waals surface area contributed by atoms with E-state index in [0.717, 1.165) is 30.2 Å². The molecule has 1 heterocycles. The molecule has 0 unspecified atom stereocenters. The normalized spacial score (nSPS) is 26.5. The summed E-state index contributed by atoms with van der Waals surface area (Å²) in [6, 6.07) is 1.13. The number of fused-ring (bicyclic) bond motifs is 2. The monoisotopic (exact) mass is 345 g/mol. The lowest BCUT2D eigenvalue weighted by molar-refractivity contribution is -0.141. The molecular formula is C15H18F3N3OS. The van der Waals surface area contributed by atoms with Crippen LogP contribution in [-0.4, -0.2) is 27.7 Å². The molecule has 1 amide bonds. The fourth-order valence-corrected chi connectivity index (χ4v) is 4.27. The topological polar surface area (TPSA) is 54.9 Å². The molecule has 0 aromatic carbocycles. The van der Waals surface area contributed by atoms with Crippen LogP contribution in [-0.2, 0) is 11.0 Å². The maximum Gasteiger partial charge on any atom is 0.433 e. The molecule has 3 atom stereocenters. The van der Waals surface area contributed by atoms with Crippen molar-refractivity contribution >= 4 is 17.7 Å². The standard InChI is InChI=1S/C15H18F3N3OS/c1-8-4-12(15(16,17)18)21-14(19-8)23-7-13(22)20-11-6-9-2-3-10(11)5-9/h4,9-11H,2-3,5-7H2,1H3,(H,20,22)/t9-,10-,11-/m0/s1. The Labute approximate surface area is 136 Å². The molecule has 0 spiro atoms. The summed E-state index contributed by atoms with van der Waals surface area (Å²) < 4.78 is 38.2. The van der Waals surface area contributed by atoms with Crippen LogP contribution in [0.1, 0.15) is 37.1 Å². The SMILES string of the molecule is Cc1cc(C(F)(F)F)nc(SCC(=O)N[C@H]2C[C@H]3CC[C@H]2C3)n1. The molecule has 0 radical (unpaired) electrons. The number of halogens is 3. The van der Waals surface area contributed by atoms with E-state index in [9.17, 15) is 18.0 Å². The Bertz CT molecular complexity index is 608. The minimum Gasteiger partial charge on any atom is -0.352 e. The zero-order valence-electron chi connectivity index (χ0n) is 12.7. The number of hydrogen-bond donors (Lipinski definition) is 1. The van der Waals surface area contributed by atoms with Gasteiger partial charge in [-0.05, 0) is 44.1 Å². The Morgan fingerprint density at radius 2 is 2.13 bits per heavy atom. The van der Waals surface area contributed by atoms with Crippen molar-refractivity contribution in [3.8, 4) is 0 Å². The average Bonchev–Trinajstić information content (AvgIpc) is 3.06. The second-order valence-corrected chi connectivity index (χ2v) is 7.25. The molecule has 2 saturated carbocycles. The highest BCUT2D eigenvalue weighted by Gasteiger charge is 2.40. The van der Waals surface area contributed by atoms with Crippen molar-refractivity contribution < 1.29 is 18.0 Å². The smallest absolute Gasteiger partial charge is 0.352 e. The predicted octanol–water partition coefficient (Wildman–Crippen LogP) is 3.20. The van der Waals surface area contributed by atoms with Crippen LogP contribution in [0.4, 0.5) is 13.2 Å². The van der Waals surface area contributed by atoms with Crippen LogP contribution in [0.2, 0.25) is 0 Å². The fraction of sp³-hybridized carbons (Fsp3) is 0.667. The first-order chi connectivity index (χ1) is 10.8.